The van der Waals surface area contributed by atoms with Gasteiger partial charge >= 0.3 is 0 Å². The topological polar surface area (TPSA) is 21.3 Å². The van der Waals surface area contributed by atoms with Crippen LogP contribution in [0.15, 0.2) is 18.2 Å². The van der Waals surface area contributed by atoms with Crippen LogP contribution in [0.1, 0.15) is 57.4 Å². The lowest BCUT2D eigenvalue weighted by atomic mass is 10.1. The Labute approximate surface area is 122 Å². The van der Waals surface area contributed by atoms with Gasteiger partial charge in [-0.25, -0.2) is 4.39 Å². The Hall–Kier alpha value is -1.09. The minimum absolute atomic E-state index is 0.229. The molecule has 0 radical (unpaired) electrons. The van der Waals surface area contributed by atoms with E-state index in [1.165, 1.54) is 50.7 Å². The van der Waals surface area contributed by atoms with Crippen molar-refractivity contribution in [1.82, 2.24) is 5.32 Å². The third-order valence-electron chi connectivity index (χ3n) is 3.33. The number of benzene rings is 1. The van der Waals surface area contributed by atoms with Crippen LogP contribution in [-0.4, -0.2) is 13.7 Å². The summed E-state index contributed by atoms with van der Waals surface area (Å²) in [4.78, 5) is 0. The molecule has 0 aliphatic rings. The Morgan fingerprint density at radius 3 is 2.40 bits per heavy atom. The van der Waals surface area contributed by atoms with Crippen LogP contribution in [0.25, 0.3) is 0 Å². The highest BCUT2D eigenvalue weighted by Crippen LogP contribution is 2.17. The van der Waals surface area contributed by atoms with E-state index in [-0.39, 0.29) is 5.82 Å². The Kier molecular flexibility index (Phi) is 9.05. The fourth-order valence-corrected chi connectivity index (χ4v) is 2.26. The molecule has 2 nitrogen and oxygen atoms in total. The lowest BCUT2D eigenvalue weighted by Gasteiger charge is -2.08. The van der Waals surface area contributed by atoms with E-state index in [9.17, 15) is 4.39 Å². The molecule has 0 heterocycles. The van der Waals surface area contributed by atoms with Gasteiger partial charge < -0.3 is 10.1 Å². The lowest BCUT2D eigenvalue weighted by Crippen LogP contribution is -2.06. The van der Waals surface area contributed by atoms with Crippen LogP contribution in [-0.2, 0) is 6.54 Å². The summed E-state index contributed by atoms with van der Waals surface area (Å²) in [5, 5.41) is 3.02. The highest BCUT2D eigenvalue weighted by Gasteiger charge is 2.01. The summed E-state index contributed by atoms with van der Waals surface area (Å²) in [6, 6.07) is 4.90. The molecule has 0 amide bonds. The fourth-order valence-electron chi connectivity index (χ4n) is 2.26. The van der Waals surface area contributed by atoms with Gasteiger partial charge in [0.15, 0.2) is 0 Å². The molecule has 0 aliphatic carbocycles. The zero-order chi connectivity index (χ0) is 14.6. The average Bonchev–Trinajstić information content (AvgIpc) is 2.41. The van der Waals surface area contributed by atoms with Crippen LogP contribution in [0.4, 0.5) is 4.39 Å². The number of ether oxygens (including phenoxy) is 1. The van der Waals surface area contributed by atoms with Gasteiger partial charge in [0, 0.05) is 12.6 Å². The third kappa shape index (κ3) is 7.49. The van der Waals surface area contributed by atoms with E-state index in [4.69, 9.17) is 4.74 Å². The summed E-state index contributed by atoms with van der Waals surface area (Å²) in [5.41, 5.74) is 0.919. The average molecular weight is 281 g/mol. The van der Waals surface area contributed by atoms with Crippen molar-refractivity contribution in [2.24, 2.45) is 0 Å². The van der Waals surface area contributed by atoms with Gasteiger partial charge in [0.25, 0.3) is 0 Å². The molecule has 20 heavy (non-hydrogen) atoms. The van der Waals surface area contributed by atoms with E-state index in [2.05, 4.69) is 12.2 Å². The quantitative estimate of drug-likeness (QED) is 0.595. The monoisotopic (exact) mass is 281 g/mol. The van der Waals surface area contributed by atoms with Crippen molar-refractivity contribution in [3.05, 3.63) is 29.6 Å². The molecular weight excluding hydrogens is 253 g/mol. The first-order valence-corrected chi connectivity index (χ1v) is 7.83. The van der Waals surface area contributed by atoms with Crippen molar-refractivity contribution < 1.29 is 9.13 Å². The van der Waals surface area contributed by atoms with Gasteiger partial charge in [0.05, 0.1) is 6.61 Å². The largest absolute Gasteiger partial charge is 0.493 e. The van der Waals surface area contributed by atoms with Gasteiger partial charge in [-0.2, -0.15) is 0 Å². The zero-order valence-corrected chi connectivity index (χ0v) is 12.9. The summed E-state index contributed by atoms with van der Waals surface area (Å²) in [6.45, 7) is 3.57. The molecular formula is C17H28FNO. The number of nitrogens with one attached hydrogen (secondary N) is 1. The molecule has 114 valence electrons. The molecule has 0 aromatic heterocycles. The van der Waals surface area contributed by atoms with Crippen molar-refractivity contribution in [2.45, 2.75) is 58.4 Å². The number of unbranched alkanes of at least 4 members (excludes halogenated alkanes) is 6. The van der Waals surface area contributed by atoms with Gasteiger partial charge in [-0.3, -0.25) is 0 Å². The van der Waals surface area contributed by atoms with E-state index in [0.717, 1.165) is 12.0 Å². The predicted molar refractivity (Wildman–Crippen MR) is 82.7 cm³/mol. The van der Waals surface area contributed by atoms with Crippen LogP contribution in [0.2, 0.25) is 0 Å². The molecule has 0 saturated heterocycles. The van der Waals surface area contributed by atoms with Crippen molar-refractivity contribution in [3.63, 3.8) is 0 Å². The van der Waals surface area contributed by atoms with Crippen molar-refractivity contribution in [2.75, 3.05) is 13.7 Å². The molecule has 0 bridgehead atoms. The molecule has 0 fully saturated rings. The third-order valence-corrected chi connectivity index (χ3v) is 3.33. The van der Waals surface area contributed by atoms with Gasteiger partial charge in [-0.15, -0.1) is 0 Å². The normalized spacial score (nSPS) is 10.8. The summed E-state index contributed by atoms with van der Waals surface area (Å²) in [5.74, 6) is 0.411. The second kappa shape index (κ2) is 10.7. The Balaban J connectivity index is 2.18. The molecule has 0 spiro atoms. The fraction of sp³-hybridized carbons (Fsp3) is 0.647. The first-order chi connectivity index (χ1) is 9.76. The molecule has 1 aromatic rings. The van der Waals surface area contributed by atoms with E-state index >= 15 is 0 Å². The second-order valence-electron chi connectivity index (χ2n) is 5.30. The number of hydrogen-bond donors (Lipinski definition) is 1. The smallest absolute Gasteiger partial charge is 0.127 e. The van der Waals surface area contributed by atoms with Crippen molar-refractivity contribution >= 4 is 0 Å². The SMILES string of the molecule is CCCCCCCCCOc1cc(F)cc(CNC)c1. The molecule has 3 heteroatoms. The standard InChI is InChI=1S/C17H28FNO/c1-3-4-5-6-7-8-9-10-20-17-12-15(14-19-2)11-16(18)13-17/h11-13,19H,3-10,14H2,1-2H3. The summed E-state index contributed by atoms with van der Waals surface area (Å²) in [6.07, 6.45) is 8.81. The maximum Gasteiger partial charge on any atom is 0.127 e. The molecule has 0 atom stereocenters. The number of hydrogen-bond acceptors (Lipinski definition) is 2. The lowest BCUT2D eigenvalue weighted by molar-refractivity contribution is 0.302. The molecule has 0 aliphatic heterocycles. The zero-order valence-electron chi connectivity index (χ0n) is 12.9. The molecule has 0 unspecified atom stereocenters. The highest BCUT2D eigenvalue weighted by atomic mass is 19.1. The van der Waals surface area contributed by atoms with Crippen molar-refractivity contribution in [1.29, 1.82) is 0 Å². The predicted octanol–water partition coefficient (Wildman–Crippen LogP) is 4.67. The second-order valence-corrected chi connectivity index (χ2v) is 5.30. The van der Waals surface area contributed by atoms with Crippen LogP contribution in [0, 0.1) is 5.82 Å². The Morgan fingerprint density at radius 1 is 1.00 bits per heavy atom. The molecule has 1 rings (SSSR count). The van der Waals surface area contributed by atoms with Crippen LogP contribution in [0.3, 0.4) is 0 Å². The summed E-state index contributed by atoms with van der Waals surface area (Å²) >= 11 is 0. The van der Waals surface area contributed by atoms with E-state index in [1.807, 2.05) is 13.1 Å². The van der Waals surface area contributed by atoms with Gasteiger partial charge in [-0.05, 0) is 31.2 Å². The summed E-state index contributed by atoms with van der Waals surface area (Å²) < 4.78 is 19.0. The van der Waals surface area contributed by atoms with E-state index in [1.54, 1.807) is 0 Å². The van der Waals surface area contributed by atoms with Gasteiger partial charge in [-0.1, -0.05) is 45.4 Å². The van der Waals surface area contributed by atoms with E-state index in [0.29, 0.717) is 18.9 Å². The number of halogens is 1. The van der Waals surface area contributed by atoms with Crippen molar-refractivity contribution in [3.8, 4) is 5.75 Å². The Morgan fingerprint density at radius 2 is 1.70 bits per heavy atom. The Bertz CT molecular complexity index is 368. The van der Waals surface area contributed by atoms with Crippen LogP contribution >= 0.6 is 0 Å². The highest BCUT2D eigenvalue weighted by molar-refractivity contribution is 5.29. The van der Waals surface area contributed by atoms with Crippen LogP contribution < -0.4 is 10.1 Å². The number of rotatable bonds is 11. The summed E-state index contributed by atoms with van der Waals surface area (Å²) in [7, 11) is 1.85. The first kappa shape index (κ1) is 17.0. The molecule has 1 aromatic carbocycles. The first-order valence-electron chi connectivity index (χ1n) is 7.83. The minimum atomic E-state index is -0.229. The molecule has 1 N–H and O–H groups in total. The molecule has 0 saturated carbocycles. The minimum Gasteiger partial charge on any atom is -0.493 e. The van der Waals surface area contributed by atoms with Crippen LogP contribution in [0.5, 0.6) is 5.75 Å². The van der Waals surface area contributed by atoms with E-state index < -0.39 is 0 Å². The maximum absolute atomic E-state index is 13.4. The van der Waals surface area contributed by atoms with Gasteiger partial charge in [0.1, 0.15) is 11.6 Å². The van der Waals surface area contributed by atoms with Gasteiger partial charge in [0.2, 0.25) is 0 Å². The maximum atomic E-state index is 13.4.